The van der Waals surface area contributed by atoms with Crippen LogP contribution in [0.5, 0.6) is 0 Å². The molecule has 39 heavy (non-hydrogen) atoms. The average molecular weight is 542 g/mol. The minimum absolute atomic E-state index is 0.181. The maximum absolute atomic E-state index is 14.3. The summed E-state index contributed by atoms with van der Waals surface area (Å²) in [6.45, 7) is 14.3. The van der Waals surface area contributed by atoms with E-state index < -0.39 is 23.8 Å². The van der Waals surface area contributed by atoms with Crippen LogP contribution in [-0.2, 0) is 14.3 Å². The van der Waals surface area contributed by atoms with Crippen LogP contribution >= 0.6 is 0 Å². The van der Waals surface area contributed by atoms with Crippen LogP contribution in [0.2, 0.25) is 0 Å². The van der Waals surface area contributed by atoms with Gasteiger partial charge in [0.1, 0.15) is 17.7 Å². The molecule has 3 unspecified atom stereocenters. The number of hydrogen-bond acceptors (Lipinski definition) is 4. The Hall–Kier alpha value is -3.01. The fourth-order valence-corrected chi connectivity index (χ4v) is 4.35. The molecule has 0 saturated carbocycles. The molecule has 3 atom stereocenters. The first-order valence-electron chi connectivity index (χ1n) is 14.6. The van der Waals surface area contributed by atoms with Gasteiger partial charge >= 0.3 is 6.09 Å². The Bertz CT molecular complexity index is 947. The zero-order valence-corrected chi connectivity index (χ0v) is 25.3. The summed E-state index contributed by atoms with van der Waals surface area (Å²) in [6, 6.07) is 5.49. The highest BCUT2D eigenvalue weighted by Crippen LogP contribution is 2.28. The van der Waals surface area contributed by atoms with E-state index in [-0.39, 0.29) is 17.7 Å². The van der Waals surface area contributed by atoms with Crippen molar-refractivity contribution >= 4 is 17.9 Å². The third-order valence-electron chi connectivity index (χ3n) is 6.74. The summed E-state index contributed by atoms with van der Waals surface area (Å²) in [7, 11) is 0. The molecule has 0 bridgehead atoms. The summed E-state index contributed by atoms with van der Waals surface area (Å²) in [5.41, 5.74) is 0.465. The van der Waals surface area contributed by atoms with E-state index in [9.17, 15) is 14.4 Å². The van der Waals surface area contributed by atoms with Gasteiger partial charge in [0.2, 0.25) is 11.8 Å². The number of amides is 3. The fraction of sp³-hybridized carbons (Fsp3) is 0.656. The van der Waals surface area contributed by atoms with Crippen molar-refractivity contribution in [3.63, 3.8) is 0 Å². The summed E-state index contributed by atoms with van der Waals surface area (Å²) >= 11 is 0. The SMILES string of the molecule is C#Cc1ccccc1C(C(=O)NCCCC)N(CCCCCCC)C(=O)C(NC(=O)OC(C)(C)C)C(C)CC. The number of ether oxygens (including phenoxy) is 1. The Morgan fingerprint density at radius 3 is 2.23 bits per heavy atom. The van der Waals surface area contributed by atoms with Crippen molar-refractivity contribution in [3.8, 4) is 12.3 Å². The van der Waals surface area contributed by atoms with Crippen LogP contribution < -0.4 is 10.6 Å². The largest absolute Gasteiger partial charge is 0.444 e. The van der Waals surface area contributed by atoms with Gasteiger partial charge in [0.05, 0.1) is 0 Å². The summed E-state index contributed by atoms with van der Waals surface area (Å²) in [6.07, 6.45) is 12.6. The first-order valence-corrected chi connectivity index (χ1v) is 14.6. The number of nitrogens with one attached hydrogen (secondary N) is 2. The van der Waals surface area contributed by atoms with Gasteiger partial charge in [-0.1, -0.05) is 90.3 Å². The number of hydrogen-bond donors (Lipinski definition) is 2. The van der Waals surface area contributed by atoms with E-state index in [0.29, 0.717) is 30.6 Å². The van der Waals surface area contributed by atoms with Crippen LogP contribution in [-0.4, -0.2) is 47.5 Å². The van der Waals surface area contributed by atoms with Crippen LogP contribution in [0.15, 0.2) is 24.3 Å². The Morgan fingerprint density at radius 1 is 1.00 bits per heavy atom. The van der Waals surface area contributed by atoms with E-state index in [1.54, 1.807) is 31.7 Å². The van der Waals surface area contributed by atoms with E-state index in [1.807, 2.05) is 32.0 Å². The zero-order chi connectivity index (χ0) is 29.4. The molecule has 218 valence electrons. The predicted octanol–water partition coefficient (Wildman–Crippen LogP) is 6.36. The lowest BCUT2D eigenvalue weighted by molar-refractivity contribution is -0.143. The topological polar surface area (TPSA) is 87.7 Å². The number of benzene rings is 1. The van der Waals surface area contributed by atoms with Gasteiger partial charge in [-0.3, -0.25) is 9.59 Å². The van der Waals surface area contributed by atoms with Crippen molar-refractivity contribution in [2.45, 2.75) is 118 Å². The number of carbonyl (C=O) groups is 3. The summed E-state index contributed by atoms with van der Waals surface area (Å²) in [4.78, 5) is 42.5. The van der Waals surface area contributed by atoms with Crippen molar-refractivity contribution in [1.82, 2.24) is 15.5 Å². The van der Waals surface area contributed by atoms with Crippen molar-refractivity contribution in [3.05, 3.63) is 35.4 Å². The minimum atomic E-state index is -0.917. The van der Waals surface area contributed by atoms with Gasteiger partial charge in [-0.25, -0.2) is 4.79 Å². The average Bonchev–Trinajstić information content (AvgIpc) is 2.89. The highest BCUT2D eigenvalue weighted by Gasteiger charge is 2.38. The molecule has 0 aliphatic rings. The monoisotopic (exact) mass is 541 g/mol. The summed E-state index contributed by atoms with van der Waals surface area (Å²) in [5.74, 6) is 1.93. The van der Waals surface area contributed by atoms with Gasteiger partial charge < -0.3 is 20.3 Å². The number of unbranched alkanes of at least 4 members (excludes halogenated alkanes) is 5. The van der Waals surface area contributed by atoms with E-state index in [2.05, 4.69) is 30.4 Å². The van der Waals surface area contributed by atoms with Crippen LogP contribution in [0.25, 0.3) is 0 Å². The minimum Gasteiger partial charge on any atom is -0.444 e. The van der Waals surface area contributed by atoms with E-state index in [0.717, 1.165) is 44.9 Å². The highest BCUT2D eigenvalue weighted by atomic mass is 16.6. The maximum atomic E-state index is 14.3. The molecule has 0 heterocycles. The number of nitrogens with zero attached hydrogens (tertiary/aromatic N) is 1. The van der Waals surface area contributed by atoms with Gasteiger partial charge in [0, 0.05) is 18.7 Å². The van der Waals surface area contributed by atoms with Crippen molar-refractivity contribution in [2.75, 3.05) is 13.1 Å². The lowest BCUT2D eigenvalue weighted by Gasteiger charge is -2.36. The molecule has 3 amide bonds. The van der Waals surface area contributed by atoms with E-state index in [4.69, 9.17) is 11.2 Å². The lowest BCUT2D eigenvalue weighted by atomic mass is 9.94. The second-order valence-electron chi connectivity index (χ2n) is 11.2. The molecule has 0 spiro atoms. The molecular formula is C32H51N3O4. The van der Waals surface area contributed by atoms with E-state index in [1.165, 1.54) is 0 Å². The van der Waals surface area contributed by atoms with Crippen molar-refractivity contribution in [2.24, 2.45) is 5.92 Å². The van der Waals surface area contributed by atoms with Crippen LogP contribution in [0, 0.1) is 18.3 Å². The van der Waals surface area contributed by atoms with Crippen molar-refractivity contribution < 1.29 is 19.1 Å². The smallest absolute Gasteiger partial charge is 0.408 e. The quantitative estimate of drug-likeness (QED) is 0.188. The Labute approximate surface area is 236 Å². The second kappa shape index (κ2) is 17.6. The van der Waals surface area contributed by atoms with Gasteiger partial charge in [0.15, 0.2) is 0 Å². The van der Waals surface area contributed by atoms with Crippen LogP contribution in [0.4, 0.5) is 4.79 Å². The number of terminal acetylenes is 1. The first-order chi connectivity index (χ1) is 18.5. The Balaban J connectivity index is 3.55. The van der Waals surface area contributed by atoms with Gasteiger partial charge in [-0.2, -0.15) is 0 Å². The lowest BCUT2D eigenvalue weighted by Crippen LogP contribution is -2.55. The molecule has 0 aromatic heterocycles. The normalized spacial score (nSPS) is 13.5. The standard InChI is InChI=1S/C32H51N3O4/c1-9-13-15-16-19-23-35(30(37)27(24(5)11-3)34-31(38)39-32(6,7)8)28(29(36)33-22-14-10-2)26-21-18-17-20-25(26)12-4/h4,17-18,20-21,24,27-28H,9-11,13-16,19,22-23H2,1-3,5-8H3,(H,33,36)(H,34,38). The van der Waals surface area contributed by atoms with Gasteiger partial charge in [-0.15, -0.1) is 6.42 Å². The number of carbonyl (C=O) groups excluding carboxylic acids is 3. The Morgan fingerprint density at radius 2 is 1.64 bits per heavy atom. The maximum Gasteiger partial charge on any atom is 0.408 e. The highest BCUT2D eigenvalue weighted by molar-refractivity contribution is 5.92. The van der Waals surface area contributed by atoms with E-state index >= 15 is 0 Å². The zero-order valence-electron chi connectivity index (χ0n) is 25.3. The molecule has 1 rings (SSSR count). The summed E-state index contributed by atoms with van der Waals surface area (Å²) in [5, 5.41) is 5.84. The first kappa shape index (κ1) is 34.0. The molecule has 7 heteroatoms. The molecule has 0 aliphatic heterocycles. The third kappa shape index (κ3) is 11.7. The molecule has 1 aromatic carbocycles. The number of alkyl carbamates (subject to hydrolysis) is 1. The molecule has 2 N–H and O–H groups in total. The predicted molar refractivity (Wildman–Crippen MR) is 158 cm³/mol. The van der Waals surface area contributed by atoms with Gasteiger partial charge in [0.25, 0.3) is 0 Å². The molecule has 0 saturated heterocycles. The Kier molecular flexibility index (Phi) is 15.3. The van der Waals surface area contributed by atoms with Crippen LogP contribution in [0.3, 0.4) is 0 Å². The second-order valence-corrected chi connectivity index (χ2v) is 11.2. The number of rotatable bonds is 16. The third-order valence-corrected chi connectivity index (χ3v) is 6.74. The van der Waals surface area contributed by atoms with Gasteiger partial charge in [-0.05, 0) is 51.2 Å². The van der Waals surface area contributed by atoms with Crippen molar-refractivity contribution in [1.29, 1.82) is 0 Å². The summed E-state index contributed by atoms with van der Waals surface area (Å²) < 4.78 is 5.49. The molecule has 1 aromatic rings. The molecule has 0 fully saturated rings. The fourth-order valence-electron chi connectivity index (χ4n) is 4.35. The molecule has 0 radical (unpaired) electrons. The molecule has 7 nitrogen and oxygen atoms in total. The van der Waals surface area contributed by atoms with Crippen LogP contribution in [0.1, 0.15) is 117 Å². The molecular weight excluding hydrogens is 490 g/mol. The molecule has 0 aliphatic carbocycles.